The van der Waals surface area contributed by atoms with Gasteiger partial charge in [0, 0.05) is 37.7 Å². The van der Waals surface area contributed by atoms with Gasteiger partial charge in [-0.25, -0.2) is 0 Å². The minimum atomic E-state index is 0. The number of amides is 1. The summed E-state index contributed by atoms with van der Waals surface area (Å²) in [6.07, 6.45) is 0. The highest BCUT2D eigenvalue weighted by atomic mass is 35.5. The molecule has 1 aliphatic heterocycles. The number of carbonyl (C=O) groups excluding carboxylic acids is 1. The Bertz CT molecular complexity index is 412. The van der Waals surface area contributed by atoms with Gasteiger partial charge in [-0.3, -0.25) is 9.69 Å². The van der Waals surface area contributed by atoms with Gasteiger partial charge >= 0.3 is 0 Å². The molecule has 7 heteroatoms. The normalized spacial score (nSPS) is 14.8. The van der Waals surface area contributed by atoms with E-state index < -0.39 is 0 Å². The Kier molecular flexibility index (Phi) is 9.98. The smallest absolute Gasteiger partial charge is 0.234 e. The van der Waals surface area contributed by atoms with Crippen LogP contribution < -0.4 is 10.6 Å². The molecule has 1 amide bonds. The van der Waals surface area contributed by atoms with Gasteiger partial charge in [0.2, 0.25) is 5.91 Å². The van der Waals surface area contributed by atoms with Crippen molar-refractivity contribution in [2.75, 3.05) is 32.7 Å². The quantitative estimate of drug-likeness (QED) is 0.877. The SMILES string of the molecule is Cl.Cl.O=C(CN1CCNCC1)NCc1cccc(Cl)c1. The van der Waals surface area contributed by atoms with Crippen LogP contribution >= 0.6 is 36.4 Å². The van der Waals surface area contributed by atoms with E-state index in [1.165, 1.54) is 0 Å². The first-order valence-corrected chi connectivity index (χ1v) is 6.56. The van der Waals surface area contributed by atoms with Crippen LogP contribution in [0.25, 0.3) is 0 Å². The standard InChI is InChI=1S/C13H18ClN3O.2ClH/c14-12-3-1-2-11(8-12)9-16-13(18)10-17-6-4-15-5-7-17;;/h1-3,8,15H,4-7,9-10H2,(H,16,18);2*1H. The number of benzene rings is 1. The summed E-state index contributed by atoms with van der Waals surface area (Å²) in [5.41, 5.74) is 1.02. The molecular formula is C13H20Cl3N3O. The van der Waals surface area contributed by atoms with E-state index in [4.69, 9.17) is 11.6 Å². The second-order valence-corrected chi connectivity index (χ2v) is 4.87. The summed E-state index contributed by atoms with van der Waals surface area (Å²) in [7, 11) is 0. The molecule has 114 valence electrons. The highest BCUT2D eigenvalue weighted by Gasteiger charge is 2.12. The van der Waals surface area contributed by atoms with Crippen LogP contribution in [0.3, 0.4) is 0 Å². The highest BCUT2D eigenvalue weighted by molar-refractivity contribution is 6.30. The van der Waals surface area contributed by atoms with Crippen molar-refractivity contribution in [3.05, 3.63) is 34.9 Å². The van der Waals surface area contributed by atoms with E-state index in [9.17, 15) is 4.79 Å². The van der Waals surface area contributed by atoms with Gasteiger partial charge in [0.1, 0.15) is 0 Å². The zero-order valence-electron chi connectivity index (χ0n) is 11.1. The molecule has 2 rings (SSSR count). The Balaban J connectivity index is 0.00000180. The molecule has 1 aromatic rings. The summed E-state index contributed by atoms with van der Waals surface area (Å²) in [6, 6.07) is 7.54. The number of piperazine rings is 1. The van der Waals surface area contributed by atoms with Crippen molar-refractivity contribution in [1.29, 1.82) is 0 Å². The Labute approximate surface area is 137 Å². The van der Waals surface area contributed by atoms with Crippen molar-refractivity contribution in [2.24, 2.45) is 0 Å². The zero-order chi connectivity index (χ0) is 12.8. The maximum Gasteiger partial charge on any atom is 0.234 e. The average molecular weight is 341 g/mol. The predicted octanol–water partition coefficient (Wildman–Crippen LogP) is 1.70. The molecule has 0 bridgehead atoms. The van der Waals surface area contributed by atoms with Crippen LogP contribution in [0.2, 0.25) is 5.02 Å². The van der Waals surface area contributed by atoms with Crippen LogP contribution in [0, 0.1) is 0 Å². The lowest BCUT2D eigenvalue weighted by Gasteiger charge is -2.26. The van der Waals surface area contributed by atoms with Crippen molar-refractivity contribution in [2.45, 2.75) is 6.54 Å². The van der Waals surface area contributed by atoms with E-state index >= 15 is 0 Å². The first-order chi connectivity index (χ1) is 8.74. The van der Waals surface area contributed by atoms with Crippen LogP contribution in [0.15, 0.2) is 24.3 Å². The van der Waals surface area contributed by atoms with Crippen molar-refractivity contribution in [3.63, 3.8) is 0 Å². The van der Waals surface area contributed by atoms with Gasteiger partial charge in [-0.1, -0.05) is 23.7 Å². The number of hydrogen-bond donors (Lipinski definition) is 2. The fraction of sp³-hybridized carbons (Fsp3) is 0.462. The molecule has 0 spiro atoms. The first kappa shape index (κ1) is 19.5. The van der Waals surface area contributed by atoms with E-state index in [-0.39, 0.29) is 30.7 Å². The molecule has 0 radical (unpaired) electrons. The Hall–Kier alpha value is -0.520. The maximum atomic E-state index is 11.8. The molecule has 2 N–H and O–H groups in total. The molecule has 0 aromatic heterocycles. The minimum Gasteiger partial charge on any atom is -0.351 e. The lowest BCUT2D eigenvalue weighted by molar-refractivity contribution is -0.122. The Morgan fingerprint density at radius 1 is 1.30 bits per heavy atom. The summed E-state index contributed by atoms with van der Waals surface area (Å²) < 4.78 is 0. The van der Waals surface area contributed by atoms with Gasteiger partial charge < -0.3 is 10.6 Å². The minimum absolute atomic E-state index is 0. The van der Waals surface area contributed by atoms with Gasteiger partial charge in [-0.15, -0.1) is 24.8 Å². The molecule has 1 aliphatic rings. The van der Waals surface area contributed by atoms with Crippen LogP contribution in [0.4, 0.5) is 0 Å². The van der Waals surface area contributed by atoms with Crippen molar-refractivity contribution < 1.29 is 4.79 Å². The Morgan fingerprint density at radius 2 is 2.00 bits per heavy atom. The third kappa shape index (κ3) is 6.77. The summed E-state index contributed by atoms with van der Waals surface area (Å²) in [6.45, 7) is 4.80. The number of rotatable bonds is 4. The van der Waals surface area contributed by atoms with Gasteiger partial charge in [0.25, 0.3) is 0 Å². The largest absolute Gasteiger partial charge is 0.351 e. The highest BCUT2D eigenvalue weighted by Crippen LogP contribution is 2.10. The third-order valence-corrected chi connectivity index (χ3v) is 3.19. The van der Waals surface area contributed by atoms with Crippen molar-refractivity contribution in [1.82, 2.24) is 15.5 Å². The number of nitrogens with one attached hydrogen (secondary N) is 2. The van der Waals surface area contributed by atoms with Gasteiger partial charge in [-0.05, 0) is 17.7 Å². The molecule has 1 saturated heterocycles. The van der Waals surface area contributed by atoms with Crippen LogP contribution in [0.1, 0.15) is 5.56 Å². The molecule has 0 aliphatic carbocycles. The van der Waals surface area contributed by atoms with Crippen LogP contribution in [-0.2, 0) is 11.3 Å². The summed E-state index contributed by atoms with van der Waals surface area (Å²) >= 11 is 5.89. The molecule has 0 unspecified atom stereocenters. The van der Waals surface area contributed by atoms with Crippen LogP contribution in [0.5, 0.6) is 0 Å². The molecule has 1 aromatic carbocycles. The third-order valence-electron chi connectivity index (χ3n) is 2.96. The molecule has 1 heterocycles. The summed E-state index contributed by atoms with van der Waals surface area (Å²) in [4.78, 5) is 13.9. The fourth-order valence-corrected chi connectivity index (χ4v) is 2.19. The van der Waals surface area contributed by atoms with Gasteiger partial charge in [0.05, 0.1) is 6.54 Å². The molecule has 0 saturated carbocycles. The lowest BCUT2D eigenvalue weighted by atomic mass is 10.2. The lowest BCUT2D eigenvalue weighted by Crippen LogP contribution is -2.47. The van der Waals surface area contributed by atoms with Crippen molar-refractivity contribution in [3.8, 4) is 0 Å². The van der Waals surface area contributed by atoms with E-state index in [0.717, 1.165) is 31.7 Å². The second kappa shape index (κ2) is 10.2. The molecule has 20 heavy (non-hydrogen) atoms. The van der Waals surface area contributed by atoms with E-state index in [0.29, 0.717) is 18.1 Å². The maximum absolute atomic E-state index is 11.8. The van der Waals surface area contributed by atoms with E-state index in [1.54, 1.807) is 0 Å². The molecular weight excluding hydrogens is 321 g/mol. The van der Waals surface area contributed by atoms with Crippen LogP contribution in [-0.4, -0.2) is 43.5 Å². The average Bonchev–Trinajstić information content (AvgIpc) is 2.38. The first-order valence-electron chi connectivity index (χ1n) is 6.18. The monoisotopic (exact) mass is 339 g/mol. The summed E-state index contributed by atoms with van der Waals surface area (Å²) in [5, 5.41) is 6.88. The molecule has 4 nitrogen and oxygen atoms in total. The van der Waals surface area contributed by atoms with Gasteiger partial charge in [0.15, 0.2) is 0 Å². The topological polar surface area (TPSA) is 44.4 Å². The Morgan fingerprint density at radius 3 is 2.65 bits per heavy atom. The number of carbonyl (C=O) groups is 1. The van der Waals surface area contributed by atoms with Gasteiger partial charge in [-0.2, -0.15) is 0 Å². The number of nitrogens with zero attached hydrogens (tertiary/aromatic N) is 1. The molecule has 1 fully saturated rings. The molecule has 0 atom stereocenters. The van der Waals surface area contributed by atoms with E-state index in [2.05, 4.69) is 15.5 Å². The predicted molar refractivity (Wildman–Crippen MR) is 87.1 cm³/mol. The van der Waals surface area contributed by atoms with Crippen molar-refractivity contribution >= 4 is 42.3 Å². The fourth-order valence-electron chi connectivity index (χ4n) is 1.98. The summed E-state index contributed by atoms with van der Waals surface area (Å²) in [5.74, 6) is 0.0666. The number of hydrogen-bond acceptors (Lipinski definition) is 3. The number of halogens is 3. The second-order valence-electron chi connectivity index (χ2n) is 4.43. The van der Waals surface area contributed by atoms with E-state index in [1.807, 2.05) is 24.3 Å². The zero-order valence-corrected chi connectivity index (χ0v) is 13.5.